The lowest BCUT2D eigenvalue weighted by molar-refractivity contribution is -0.384. The van der Waals surface area contributed by atoms with Crippen molar-refractivity contribution in [1.29, 1.82) is 0 Å². The topological polar surface area (TPSA) is 102 Å². The van der Waals surface area contributed by atoms with Crippen LogP contribution in [0.3, 0.4) is 0 Å². The molecule has 0 aliphatic carbocycles. The van der Waals surface area contributed by atoms with E-state index in [2.05, 4.69) is 43.8 Å². The third-order valence-electron chi connectivity index (χ3n) is 4.11. The molecule has 3 amide bonds. The molecule has 3 rings (SSSR count). The summed E-state index contributed by atoms with van der Waals surface area (Å²) in [5.74, 6) is 0.0665. The summed E-state index contributed by atoms with van der Waals surface area (Å²) in [7, 11) is 0. The highest BCUT2D eigenvalue weighted by atomic mass is 79.9. The lowest BCUT2D eigenvalue weighted by Gasteiger charge is -2.12. The fraction of sp³-hybridized carbons (Fsp3) is 0.100. The number of carbonyl (C=O) groups is 2. The van der Waals surface area contributed by atoms with Gasteiger partial charge in [0.25, 0.3) is 11.6 Å². The lowest BCUT2D eigenvalue weighted by Crippen LogP contribution is -2.30. The number of nitrogens with zero attached hydrogens (tertiary/aromatic N) is 2. The van der Waals surface area contributed by atoms with Crippen LogP contribution in [0.1, 0.15) is 11.1 Å². The molecule has 8 nitrogen and oxygen atoms in total. The van der Waals surface area contributed by atoms with Crippen LogP contribution in [0.2, 0.25) is 0 Å². The highest BCUT2D eigenvalue weighted by molar-refractivity contribution is 9.11. The van der Waals surface area contributed by atoms with Gasteiger partial charge in [-0.3, -0.25) is 19.8 Å². The third kappa shape index (κ3) is 4.77. The summed E-state index contributed by atoms with van der Waals surface area (Å²) < 4.78 is 7.02. The summed E-state index contributed by atoms with van der Waals surface area (Å²) in [6, 6.07) is 9.16. The average molecular weight is 537 g/mol. The zero-order valence-electron chi connectivity index (χ0n) is 15.4. The molecule has 1 N–H and O–H groups in total. The van der Waals surface area contributed by atoms with Crippen LogP contribution in [0.25, 0.3) is 6.08 Å². The maximum absolute atomic E-state index is 12.3. The van der Waals surface area contributed by atoms with Crippen LogP contribution < -0.4 is 10.1 Å². The predicted octanol–water partition coefficient (Wildman–Crippen LogP) is 4.78. The Morgan fingerprint density at radius 1 is 1.20 bits per heavy atom. The minimum atomic E-state index is -0.499. The smallest absolute Gasteiger partial charge is 0.329 e. The van der Waals surface area contributed by atoms with Gasteiger partial charge in [-0.25, -0.2) is 4.79 Å². The van der Waals surface area contributed by atoms with Gasteiger partial charge in [-0.1, -0.05) is 18.2 Å². The maximum Gasteiger partial charge on any atom is 0.329 e. The summed E-state index contributed by atoms with van der Waals surface area (Å²) in [4.78, 5) is 35.7. The van der Waals surface area contributed by atoms with Crippen molar-refractivity contribution in [2.24, 2.45) is 0 Å². The largest absolute Gasteiger partial charge is 0.487 e. The third-order valence-corrected chi connectivity index (χ3v) is 5.29. The van der Waals surface area contributed by atoms with Crippen molar-refractivity contribution in [3.8, 4) is 5.75 Å². The number of carbonyl (C=O) groups excluding carboxylic acids is 2. The molecule has 2 aromatic rings. The summed E-state index contributed by atoms with van der Waals surface area (Å²) in [6.45, 7) is 3.79. The highest BCUT2D eigenvalue weighted by Crippen LogP contribution is 2.36. The van der Waals surface area contributed by atoms with Crippen LogP contribution in [0, 0.1) is 10.1 Å². The summed E-state index contributed by atoms with van der Waals surface area (Å²) in [5, 5.41) is 13.4. The summed E-state index contributed by atoms with van der Waals surface area (Å²) in [5.41, 5.74) is 1.45. The molecule has 1 fully saturated rings. The van der Waals surface area contributed by atoms with Crippen molar-refractivity contribution < 1.29 is 19.2 Å². The Kier molecular flexibility index (Phi) is 6.68. The first kappa shape index (κ1) is 21.7. The number of halogens is 2. The highest BCUT2D eigenvalue weighted by Gasteiger charge is 2.32. The Morgan fingerprint density at radius 3 is 2.53 bits per heavy atom. The molecule has 1 aliphatic heterocycles. The minimum Gasteiger partial charge on any atom is -0.487 e. The van der Waals surface area contributed by atoms with Gasteiger partial charge in [0.15, 0.2) is 0 Å². The number of rotatable bonds is 7. The maximum atomic E-state index is 12.3. The van der Waals surface area contributed by atoms with Gasteiger partial charge in [-0.05, 0) is 61.2 Å². The molecule has 0 unspecified atom stereocenters. The monoisotopic (exact) mass is 535 g/mol. The number of non-ortho nitro benzene ring substituents is 1. The second-order valence-electron chi connectivity index (χ2n) is 6.22. The van der Waals surface area contributed by atoms with E-state index in [-0.39, 0.29) is 24.5 Å². The van der Waals surface area contributed by atoms with Gasteiger partial charge in [0.2, 0.25) is 0 Å². The van der Waals surface area contributed by atoms with Gasteiger partial charge in [-0.15, -0.1) is 6.58 Å². The van der Waals surface area contributed by atoms with Crippen LogP contribution in [0.5, 0.6) is 5.75 Å². The van der Waals surface area contributed by atoms with E-state index in [4.69, 9.17) is 4.74 Å². The Labute approximate surface area is 188 Å². The normalized spacial score (nSPS) is 14.7. The Bertz CT molecular complexity index is 1060. The van der Waals surface area contributed by atoms with Crippen LogP contribution in [-0.2, 0) is 11.4 Å². The number of nitro benzene ring substituents is 1. The second kappa shape index (κ2) is 9.23. The molecule has 0 bridgehead atoms. The van der Waals surface area contributed by atoms with E-state index in [1.54, 1.807) is 30.3 Å². The number of amides is 3. The van der Waals surface area contributed by atoms with E-state index in [1.165, 1.54) is 18.2 Å². The molecular weight excluding hydrogens is 522 g/mol. The van der Waals surface area contributed by atoms with Crippen molar-refractivity contribution in [1.82, 2.24) is 10.2 Å². The molecule has 30 heavy (non-hydrogen) atoms. The number of benzene rings is 2. The molecule has 2 aromatic carbocycles. The SMILES string of the molecule is C=CCN1C(=O)N/C(=C/c2cc(Br)c(OCc3cccc([N+](=O)[O-])c3)c(Br)c2)C1=O. The molecule has 1 saturated heterocycles. The molecule has 1 heterocycles. The van der Waals surface area contributed by atoms with E-state index in [9.17, 15) is 19.7 Å². The summed E-state index contributed by atoms with van der Waals surface area (Å²) >= 11 is 6.87. The molecular formula is C20H15Br2N3O5. The number of urea groups is 1. The van der Waals surface area contributed by atoms with Gasteiger partial charge in [0.1, 0.15) is 18.1 Å². The average Bonchev–Trinajstić information content (AvgIpc) is 2.95. The quantitative estimate of drug-likeness (QED) is 0.180. The van der Waals surface area contributed by atoms with E-state index < -0.39 is 16.9 Å². The van der Waals surface area contributed by atoms with E-state index in [0.29, 0.717) is 25.8 Å². The van der Waals surface area contributed by atoms with Gasteiger partial charge in [0, 0.05) is 18.7 Å². The first-order valence-corrected chi connectivity index (χ1v) is 10.2. The number of nitro groups is 1. The number of imide groups is 1. The van der Waals surface area contributed by atoms with E-state index in [0.717, 1.165) is 4.90 Å². The molecule has 1 aliphatic rings. The van der Waals surface area contributed by atoms with Crippen LogP contribution in [0.4, 0.5) is 10.5 Å². The van der Waals surface area contributed by atoms with Gasteiger partial charge >= 0.3 is 6.03 Å². The molecule has 0 spiro atoms. The first-order chi connectivity index (χ1) is 14.3. The molecule has 0 aromatic heterocycles. The molecule has 0 radical (unpaired) electrons. The number of ether oxygens (including phenoxy) is 1. The van der Waals surface area contributed by atoms with E-state index in [1.807, 2.05) is 0 Å². The number of nitrogens with one attached hydrogen (secondary N) is 1. The molecule has 0 saturated carbocycles. The van der Waals surface area contributed by atoms with E-state index >= 15 is 0 Å². The zero-order chi connectivity index (χ0) is 21.8. The van der Waals surface area contributed by atoms with Crippen LogP contribution in [-0.4, -0.2) is 28.3 Å². The van der Waals surface area contributed by atoms with Crippen molar-refractivity contribution in [3.63, 3.8) is 0 Å². The summed E-state index contributed by atoms with van der Waals surface area (Å²) in [6.07, 6.45) is 3.03. The van der Waals surface area contributed by atoms with Crippen molar-refractivity contribution in [3.05, 3.63) is 84.9 Å². The molecule has 154 valence electrons. The molecule has 0 atom stereocenters. The van der Waals surface area contributed by atoms with Crippen molar-refractivity contribution >= 4 is 55.6 Å². The standard InChI is InChI=1S/C20H15Br2N3O5/c1-2-6-24-19(26)17(23-20(24)27)10-13-8-15(21)18(16(22)9-13)30-11-12-4-3-5-14(7-12)25(28)29/h2-5,7-10H,1,6,11H2,(H,23,27)/b17-10+. The second-order valence-corrected chi connectivity index (χ2v) is 7.93. The Balaban J connectivity index is 1.78. The fourth-order valence-electron chi connectivity index (χ4n) is 2.75. The Hall–Kier alpha value is -2.98. The van der Waals surface area contributed by atoms with Gasteiger partial charge in [0.05, 0.1) is 13.9 Å². The lowest BCUT2D eigenvalue weighted by atomic mass is 10.1. The van der Waals surface area contributed by atoms with Crippen molar-refractivity contribution in [2.75, 3.05) is 6.54 Å². The Morgan fingerprint density at radius 2 is 1.90 bits per heavy atom. The fourth-order valence-corrected chi connectivity index (χ4v) is 4.20. The molecule has 10 heteroatoms. The number of hydrogen-bond donors (Lipinski definition) is 1. The van der Waals surface area contributed by atoms with Crippen molar-refractivity contribution in [2.45, 2.75) is 6.61 Å². The number of hydrogen-bond acceptors (Lipinski definition) is 5. The van der Waals surface area contributed by atoms with Crippen LogP contribution in [0.15, 0.2) is 63.7 Å². The zero-order valence-corrected chi connectivity index (χ0v) is 18.6. The first-order valence-electron chi connectivity index (χ1n) is 8.60. The van der Waals surface area contributed by atoms with Gasteiger partial charge in [-0.2, -0.15) is 0 Å². The van der Waals surface area contributed by atoms with Crippen LogP contribution >= 0.6 is 31.9 Å². The predicted molar refractivity (Wildman–Crippen MR) is 118 cm³/mol. The minimum absolute atomic E-state index is 0.00928. The van der Waals surface area contributed by atoms with Gasteiger partial charge < -0.3 is 10.1 Å².